The van der Waals surface area contributed by atoms with Gasteiger partial charge in [-0.15, -0.1) is 0 Å². The van der Waals surface area contributed by atoms with Crippen LogP contribution in [0.1, 0.15) is 86.8 Å². The molecule has 0 radical (unpaired) electrons. The van der Waals surface area contributed by atoms with Crippen molar-refractivity contribution in [3.8, 4) is 44.5 Å². The minimum Gasteiger partial charge on any atom is -0.310 e. The molecular weight excluding hydrogens is 651 g/mol. The van der Waals surface area contributed by atoms with E-state index in [-0.39, 0.29) is 16.2 Å². The zero-order valence-electron chi connectivity index (χ0n) is 31.7. The second-order valence-corrected chi connectivity index (χ2v) is 17.2. The lowest BCUT2D eigenvalue weighted by Gasteiger charge is -2.33. The van der Waals surface area contributed by atoms with Gasteiger partial charge in [0.25, 0.3) is 0 Å². The summed E-state index contributed by atoms with van der Waals surface area (Å²) in [4.78, 5) is 2.57. The molecule has 4 aliphatic carbocycles. The highest BCUT2D eigenvalue weighted by molar-refractivity contribution is 5.93. The van der Waals surface area contributed by atoms with E-state index in [4.69, 9.17) is 0 Å². The molecule has 0 atom stereocenters. The van der Waals surface area contributed by atoms with Crippen LogP contribution in [0.3, 0.4) is 0 Å². The first-order valence-corrected chi connectivity index (χ1v) is 19.9. The summed E-state index contributed by atoms with van der Waals surface area (Å²) in [6, 6.07) is 57.8. The summed E-state index contributed by atoms with van der Waals surface area (Å²) in [5, 5.41) is 0. The first kappa shape index (κ1) is 31.8. The zero-order valence-corrected chi connectivity index (χ0v) is 31.7. The molecule has 54 heavy (non-hydrogen) atoms. The van der Waals surface area contributed by atoms with Gasteiger partial charge in [0.2, 0.25) is 0 Å². The normalized spacial score (nSPS) is 17.0. The van der Waals surface area contributed by atoms with Crippen LogP contribution in [0.25, 0.3) is 44.5 Å². The van der Waals surface area contributed by atoms with Crippen molar-refractivity contribution in [2.45, 2.75) is 69.6 Å². The van der Waals surface area contributed by atoms with Crippen molar-refractivity contribution >= 4 is 17.1 Å². The van der Waals surface area contributed by atoms with E-state index in [0.29, 0.717) is 0 Å². The summed E-state index contributed by atoms with van der Waals surface area (Å²) in [5.74, 6) is 0. The van der Waals surface area contributed by atoms with Gasteiger partial charge in [-0.2, -0.15) is 0 Å². The molecule has 1 nitrogen and oxygen atoms in total. The van der Waals surface area contributed by atoms with Crippen LogP contribution in [-0.2, 0) is 16.2 Å². The minimum atomic E-state index is -0.147. The monoisotopic (exact) mass is 695 g/mol. The number of fused-ring (bicyclic) bond motifs is 11. The molecule has 4 aliphatic rings. The van der Waals surface area contributed by atoms with Gasteiger partial charge in [0.1, 0.15) is 0 Å². The molecule has 262 valence electrons. The Bertz CT molecular complexity index is 2660. The van der Waals surface area contributed by atoms with Crippen LogP contribution < -0.4 is 4.90 Å². The molecule has 0 heterocycles. The molecule has 0 aromatic heterocycles. The van der Waals surface area contributed by atoms with E-state index >= 15 is 0 Å². The predicted octanol–water partition coefficient (Wildman–Crippen LogP) is 14.3. The Morgan fingerprint density at radius 2 is 0.870 bits per heavy atom. The Morgan fingerprint density at radius 3 is 1.54 bits per heavy atom. The lowest BCUT2D eigenvalue weighted by Crippen LogP contribution is -2.22. The van der Waals surface area contributed by atoms with Gasteiger partial charge in [0.05, 0.1) is 5.69 Å². The second-order valence-electron chi connectivity index (χ2n) is 17.2. The van der Waals surface area contributed by atoms with E-state index in [2.05, 4.69) is 184 Å². The van der Waals surface area contributed by atoms with Gasteiger partial charge in [-0.25, -0.2) is 0 Å². The number of hydrogen-bond donors (Lipinski definition) is 0. The number of anilines is 3. The Morgan fingerprint density at radius 1 is 0.389 bits per heavy atom. The summed E-state index contributed by atoms with van der Waals surface area (Å²) in [6.45, 7) is 9.59. The number of hydrogen-bond acceptors (Lipinski definition) is 1. The molecule has 0 bridgehead atoms. The predicted molar refractivity (Wildman–Crippen MR) is 226 cm³/mol. The first-order chi connectivity index (χ1) is 26.3. The highest BCUT2D eigenvalue weighted by Gasteiger charge is 2.46. The van der Waals surface area contributed by atoms with Gasteiger partial charge in [-0.05, 0) is 121 Å². The molecule has 1 fully saturated rings. The molecule has 0 N–H and O–H groups in total. The van der Waals surface area contributed by atoms with Gasteiger partial charge in [-0.1, -0.05) is 162 Å². The molecule has 0 unspecified atom stereocenters. The molecule has 0 saturated heterocycles. The molecule has 11 rings (SSSR count). The highest BCUT2D eigenvalue weighted by atomic mass is 15.1. The molecule has 1 saturated carbocycles. The molecule has 1 heteroatoms. The summed E-state index contributed by atoms with van der Waals surface area (Å²) < 4.78 is 0. The Balaban J connectivity index is 1.10. The van der Waals surface area contributed by atoms with Crippen LogP contribution in [0.4, 0.5) is 17.1 Å². The lowest BCUT2D eigenvalue weighted by atomic mass is 9.76. The van der Waals surface area contributed by atoms with Crippen LogP contribution in [0.5, 0.6) is 0 Å². The maximum Gasteiger partial charge on any atom is 0.0508 e. The second kappa shape index (κ2) is 11.2. The number of nitrogens with zero attached hydrogens (tertiary/aromatic N) is 1. The average Bonchev–Trinajstić information content (AvgIpc) is 3.93. The van der Waals surface area contributed by atoms with E-state index in [0.717, 1.165) is 0 Å². The third kappa shape index (κ3) is 4.16. The summed E-state index contributed by atoms with van der Waals surface area (Å²) >= 11 is 0. The van der Waals surface area contributed by atoms with E-state index < -0.39 is 0 Å². The number of rotatable bonds is 4. The fourth-order valence-electron chi connectivity index (χ4n) is 11.4. The molecular formula is C53H45N. The molecule has 7 aromatic rings. The van der Waals surface area contributed by atoms with E-state index in [1.165, 1.54) is 121 Å². The molecule has 0 aliphatic heterocycles. The standard InChI is InChI=1S/C53H45N/c1-51(2)44-21-8-5-16-39(44)42-19-13-18-37(49(42)51)34-25-27-35(28-26-34)54(48-24-14-20-43-40-17-6-9-22-45(40)52(3,4)50(43)48)36-29-30-41-38-15-7-10-23-46(38)53(47(41)33-36)31-11-12-32-53/h5-10,13-30,33H,11-12,31-32H2,1-4H3. The minimum absolute atomic E-state index is 0.0728. The third-order valence-corrected chi connectivity index (χ3v) is 13.8. The Kier molecular flexibility index (Phi) is 6.59. The maximum absolute atomic E-state index is 2.57. The van der Waals surface area contributed by atoms with Gasteiger partial charge < -0.3 is 4.90 Å². The van der Waals surface area contributed by atoms with Crippen molar-refractivity contribution in [1.82, 2.24) is 0 Å². The Hall–Kier alpha value is -5.66. The first-order valence-electron chi connectivity index (χ1n) is 19.9. The quantitative estimate of drug-likeness (QED) is 0.177. The van der Waals surface area contributed by atoms with Gasteiger partial charge >= 0.3 is 0 Å². The third-order valence-electron chi connectivity index (χ3n) is 13.8. The van der Waals surface area contributed by atoms with Crippen LogP contribution in [-0.4, -0.2) is 0 Å². The van der Waals surface area contributed by atoms with Gasteiger partial charge in [-0.3, -0.25) is 0 Å². The molecule has 0 amide bonds. The lowest BCUT2D eigenvalue weighted by molar-refractivity contribution is 0.550. The van der Waals surface area contributed by atoms with Crippen molar-refractivity contribution < 1.29 is 0 Å². The topological polar surface area (TPSA) is 3.24 Å². The summed E-state index contributed by atoms with van der Waals surface area (Å²) in [5.41, 5.74) is 23.1. The smallest absolute Gasteiger partial charge is 0.0508 e. The Labute approximate surface area is 320 Å². The highest BCUT2D eigenvalue weighted by Crippen LogP contribution is 2.59. The van der Waals surface area contributed by atoms with E-state index in [1.54, 1.807) is 0 Å². The number of benzene rings is 7. The van der Waals surface area contributed by atoms with Crippen molar-refractivity contribution in [1.29, 1.82) is 0 Å². The summed E-state index contributed by atoms with van der Waals surface area (Å²) in [7, 11) is 0. The van der Waals surface area contributed by atoms with Crippen molar-refractivity contribution in [2.75, 3.05) is 4.90 Å². The fourth-order valence-corrected chi connectivity index (χ4v) is 11.4. The van der Waals surface area contributed by atoms with Crippen LogP contribution in [0, 0.1) is 0 Å². The van der Waals surface area contributed by atoms with Crippen LogP contribution >= 0.6 is 0 Å². The van der Waals surface area contributed by atoms with E-state index in [9.17, 15) is 0 Å². The molecule has 7 aromatic carbocycles. The van der Waals surface area contributed by atoms with Crippen LogP contribution in [0.15, 0.2) is 152 Å². The summed E-state index contributed by atoms with van der Waals surface area (Å²) in [6.07, 6.45) is 5.01. The van der Waals surface area contributed by atoms with Crippen molar-refractivity contribution in [2.24, 2.45) is 0 Å². The van der Waals surface area contributed by atoms with Crippen molar-refractivity contribution in [3.63, 3.8) is 0 Å². The SMILES string of the molecule is CC1(C)c2ccccc2-c2cccc(-c3ccc(N(c4ccc5c(c4)C4(CCCC4)c4ccccc4-5)c4cccc5c4C(C)(C)c4ccccc4-5)cc3)c21. The zero-order chi connectivity index (χ0) is 36.4. The van der Waals surface area contributed by atoms with Gasteiger partial charge in [0.15, 0.2) is 0 Å². The van der Waals surface area contributed by atoms with Crippen LogP contribution in [0.2, 0.25) is 0 Å². The molecule has 1 spiro atoms. The maximum atomic E-state index is 2.57. The largest absolute Gasteiger partial charge is 0.310 e. The van der Waals surface area contributed by atoms with Crippen molar-refractivity contribution in [3.05, 3.63) is 185 Å². The van der Waals surface area contributed by atoms with E-state index in [1.807, 2.05) is 0 Å². The average molecular weight is 696 g/mol. The van der Waals surface area contributed by atoms with Gasteiger partial charge in [0, 0.05) is 27.6 Å². The fraction of sp³-hybridized carbons (Fsp3) is 0.208.